The Kier molecular flexibility index (Phi) is 4.63. The van der Waals surface area contributed by atoms with Crippen molar-refractivity contribution in [1.82, 2.24) is 9.80 Å². The zero-order valence-corrected chi connectivity index (χ0v) is 14.5. The van der Waals surface area contributed by atoms with Crippen LogP contribution >= 0.6 is 0 Å². The van der Waals surface area contributed by atoms with Crippen molar-refractivity contribution in [2.75, 3.05) is 26.2 Å². The van der Waals surface area contributed by atoms with Gasteiger partial charge in [-0.2, -0.15) is 0 Å². The summed E-state index contributed by atoms with van der Waals surface area (Å²) in [6.45, 7) is 14.2. The summed E-state index contributed by atoms with van der Waals surface area (Å²) in [5.74, 6) is 0.749. The molecule has 3 aliphatic heterocycles. The topological polar surface area (TPSA) is 15.7 Å². The van der Waals surface area contributed by atoms with Crippen LogP contribution in [0.2, 0.25) is 0 Å². The number of nitrogens with zero attached hydrogens (tertiary/aromatic N) is 2. The van der Waals surface area contributed by atoms with Crippen LogP contribution in [0.4, 0.5) is 0 Å². The van der Waals surface area contributed by atoms with Gasteiger partial charge in [0.15, 0.2) is 0 Å². The van der Waals surface area contributed by atoms with E-state index in [2.05, 4.69) is 37.5 Å². The lowest BCUT2D eigenvalue weighted by Crippen LogP contribution is -2.64. The number of fused-ring (bicyclic) bond motifs is 1. The fraction of sp³-hybridized carbons (Fsp3) is 1.00. The summed E-state index contributed by atoms with van der Waals surface area (Å²) in [5.41, 5.74) is 0.0636. The number of hydrogen-bond donors (Lipinski definition) is 0. The Morgan fingerprint density at radius 2 is 1.86 bits per heavy atom. The molecule has 3 nitrogen and oxygen atoms in total. The highest BCUT2D eigenvalue weighted by Gasteiger charge is 2.41. The van der Waals surface area contributed by atoms with Crippen molar-refractivity contribution < 1.29 is 4.74 Å². The van der Waals surface area contributed by atoms with Gasteiger partial charge in [0.05, 0.1) is 5.60 Å². The van der Waals surface area contributed by atoms with Gasteiger partial charge in [-0.3, -0.25) is 9.80 Å². The lowest BCUT2D eigenvalue weighted by molar-refractivity contribution is -0.111. The SMILES string of the molecule is CC(C)C1CN2CCCCC2CN1C1CCOC(C)(C)C1. The minimum absolute atomic E-state index is 0.0636. The van der Waals surface area contributed by atoms with Crippen LogP contribution < -0.4 is 0 Å². The van der Waals surface area contributed by atoms with Crippen LogP contribution in [0.1, 0.15) is 59.8 Å². The molecule has 122 valence electrons. The van der Waals surface area contributed by atoms with Gasteiger partial charge in [0.2, 0.25) is 0 Å². The summed E-state index contributed by atoms with van der Waals surface area (Å²) in [6.07, 6.45) is 6.67. The monoisotopic (exact) mass is 294 g/mol. The maximum atomic E-state index is 5.95. The van der Waals surface area contributed by atoms with E-state index in [-0.39, 0.29) is 5.60 Å². The fourth-order valence-corrected chi connectivity index (χ4v) is 4.73. The number of piperidine rings is 1. The van der Waals surface area contributed by atoms with Gasteiger partial charge in [-0.25, -0.2) is 0 Å². The molecule has 3 heteroatoms. The maximum absolute atomic E-state index is 5.95. The van der Waals surface area contributed by atoms with Crippen molar-refractivity contribution in [3.63, 3.8) is 0 Å². The summed E-state index contributed by atoms with van der Waals surface area (Å²) in [5, 5.41) is 0. The Labute approximate surface area is 131 Å². The Morgan fingerprint density at radius 3 is 2.57 bits per heavy atom. The number of piperazine rings is 1. The van der Waals surface area contributed by atoms with Crippen LogP contribution in [0.3, 0.4) is 0 Å². The quantitative estimate of drug-likeness (QED) is 0.778. The van der Waals surface area contributed by atoms with E-state index in [4.69, 9.17) is 4.74 Å². The first-order chi connectivity index (χ1) is 9.96. The lowest BCUT2D eigenvalue weighted by Gasteiger charge is -2.54. The second-order valence-corrected chi connectivity index (χ2v) is 8.41. The van der Waals surface area contributed by atoms with E-state index in [1.165, 1.54) is 51.7 Å². The molecular weight excluding hydrogens is 260 g/mol. The molecule has 0 saturated carbocycles. The third-order valence-corrected chi connectivity index (χ3v) is 5.93. The van der Waals surface area contributed by atoms with Crippen LogP contribution in [0, 0.1) is 5.92 Å². The van der Waals surface area contributed by atoms with Gasteiger partial charge in [0.25, 0.3) is 0 Å². The third kappa shape index (κ3) is 3.46. The molecule has 0 aliphatic carbocycles. The zero-order valence-electron chi connectivity index (χ0n) is 14.5. The van der Waals surface area contributed by atoms with E-state index < -0.39 is 0 Å². The predicted molar refractivity (Wildman–Crippen MR) is 87.6 cm³/mol. The summed E-state index contributed by atoms with van der Waals surface area (Å²) in [7, 11) is 0. The molecule has 0 aromatic rings. The number of rotatable bonds is 2. The fourth-order valence-electron chi connectivity index (χ4n) is 4.73. The van der Waals surface area contributed by atoms with Crippen LogP contribution in [-0.4, -0.2) is 59.8 Å². The highest BCUT2D eigenvalue weighted by Crippen LogP contribution is 2.34. The summed E-state index contributed by atoms with van der Waals surface area (Å²) in [4.78, 5) is 5.66. The number of ether oxygens (including phenoxy) is 1. The maximum Gasteiger partial charge on any atom is 0.0641 e. The first-order valence-electron chi connectivity index (χ1n) is 9.10. The van der Waals surface area contributed by atoms with E-state index in [1.54, 1.807) is 0 Å². The van der Waals surface area contributed by atoms with Crippen LogP contribution in [0.15, 0.2) is 0 Å². The molecule has 0 radical (unpaired) electrons. The Balaban J connectivity index is 1.74. The normalized spacial score (nSPS) is 38.4. The molecule has 3 rings (SSSR count). The average Bonchev–Trinajstić information content (AvgIpc) is 2.44. The molecule has 3 saturated heterocycles. The van der Waals surface area contributed by atoms with Crippen molar-refractivity contribution in [2.24, 2.45) is 5.92 Å². The second kappa shape index (κ2) is 6.17. The first kappa shape index (κ1) is 15.8. The molecule has 3 aliphatic rings. The molecule has 3 unspecified atom stereocenters. The average molecular weight is 294 g/mol. The van der Waals surface area contributed by atoms with Gasteiger partial charge in [0, 0.05) is 37.8 Å². The molecule has 0 amide bonds. The molecule has 3 fully saturated rings. The molecule has 0 N–H and O–H groups in total. The van der Waals surface area contributed by atoms with Crippen molar-refractivity contribution in [1.29, 1.82) is 0 Å². The molecule has 0 aromatic heterocycles. The van der Waals surface area contributed by atoms with Crippen molar-refractivity contribution in [3.05, 3.63) is 0 Å². The summed E-state index contributed by atoms with van der Waals surface area (Å²) >= 11 is 0. The zero-order chi connectivity index (χ0) is 15.0. The van der Waals surface area contributed by atoms with Crippen LogP contribution in [0.25, 0.3) is 0 Å². The second-order valence-electron chi connectivity index (χ2n) is 8.41. The molecule has 3 heterocycles. The van der Waals surface area contributed by atoms with Crippen LogP contribution in [-0.2, 0) is 4.74 Å². The Hall–Kier alpha value is -0.120. The minimum atomic E-state index is 0.0636. The Bertz CT molecular complexity index is 355. The van der Waals surface area contributed by atoms with Gasteiger partial charge < -0.3 is 4.74 Å². The molecule has 0 bridgehead atoms. The predicted octanol–water partition coefficient (Wildman–Crippen LogP) is 3.14. The van der Waals surface area contributed by atoms with Gasteiger partial charge in [-0.1, -0.05) is 20.3 Å². The largest absolute Gasteiger partial charge is 0.375 e. The molecule has 0 spiro atoms. The summed E-state index contributed by atoms with van der Waals surface area (Å²) < 4.78 is 5.95. The third-order valence-electron chi connectivity index (χ3n) is 5.93. The van der Waals surface area contributed by atoms with E-state index in [0.717, 1.165) is 30.7 Å². The lowest BCUT2D eigenvalue weighted by atomic mass is 9.86. The summed E-state index contributed by atoms with van der Waals surface area (Å²) in [6, 6.07) is 2.28. The van der Waals surface area contributed by atoms with Crippen LogP contribution in [0.5, 0.6) is 0 Å². The van der Waals surface area contributed by atoms with E-state index in [1.807, 2.05) is 0 Å². The first-order valence-corrected chi connectivity index (χ1v) is 9.10. The highest BCUT2D eigenvalue weighted by molar-refractivity contribution is 4.97. The van der Waals surface area contributed by atoms with E-state index >= 15 is 0 Å². The van der Waals surface area contributed by atoms with Gasteiger partial charge in [0.1, 0.15) is 0 Å². The number of hydrogen-bond acceptors (Lipinski definition) is 3. The van der Waals surface area contributed by atoms with Gasteiger partial charge >= 0.3 is 0 Å². The van der Waals surface area contributed by atoms with Gasteiger partial charge in [-0.05, 0) is 52.0 Å². The minimum Gasteiger partial charge on any atom is -0.375 e. The van der Waals surface area contributed by atoms with Gasteiger partial charge in [-0.15, -0.1) is 0 Å². The molecular formula is C18H34N2O. The molecule has 21 heavy (non-hydrogen) atoms. The van der Waals surface area contributed by atoms with Crippen molar-refractivity contribution >= 4 is 0 Å². The highest BCUT2D eigenvalue weighted by atomic mass is 16.5. The molecule has 0 aromatic carbocycles. The molecule has 3 atom stereocenters. The van der Waals surface area contributed by atoms with E-state index in [0.29, 0.717) is 0 Å². The smallest absolute Gasteiger partial charge is 0.0641 e. The van der Waals surface area contributed by atoms with Crippen molar-refractivity contribution in [2.45, 2.75) is 83.5 Å². The Morgan fingerprint density at radius 1 is 1.05 bits per heavy atom. The van der Waals surface area contributed by atoms with Crippen molar-refractivity contribution in [3.8, 4) is 0 Å². The van der Waals surface area contributed by atoms with E-state index in [9.17, 15) is 0 Å². The standard InChI is InChI=1S/C18H34N2O/c1-14(2)17-13-19-9-6-5-7-16(19)12-20(17)15-8-10-21-18(3,4)11-15/h14-17H,5-13H2,1-4H3.